The van der Waals surface area contributed by atoms with Crippen LogP contribution in [0, 0.1) is 11.7 Å². The van der Waals surface area contributed by atoms with Crippen LogP contribution in [0.2, 0.25) is 0 Å². The maximum atomic E-state index is 12.7. The smallest absolute Gasteiger partial charge is 0.123 e. The molecule has 1 atom stereocenters. The molecule has 1 aromatic heterocycles. The van der Waals surface area contributed by atoms with Gasteiger partial charge in [0.05, 0.1) is 12.9 Å². The molecule has 0 aliphatic rings. The number of ether oxygens (including phenoxy) is 1. The van der Waals surface area contributed by atoms with Crippen LogP contribution in [0.5, 0.6) is 5.75 Å². The van der Waals surface area contributed by atoms with Crippen LogP contribution >= 0.6 is 0 Å². The summed E-state index contributed by atoms with van der Waals surface area (Å²) in [5.74, 6) is 1.46. The van der Waals surface area contributed by atoms with E-state index in [4.69, 9.17) is 14.9 Å². The Balaban J connectivity index is 1.85. The summed E-state index contributed by atoms with van der Waals surface area (Å²) in [6, 6.07) is 9.73. The molecule has 0 saturated carbocycles. The van der Waals surface area contributed by atoms with E-state index in [0.29, 0.717) is 18.9 Å². The zero-order chi connectivity index (χ0) is 12.8. The van der Waals surface area contributed by atoms with Gasteiger partial charge in [-0.05, 0) is 42.9 Å². The summed E-state index contributed by atoms with van der Waals surface area (Å²) < 4.78 is 23.6. The van der Waals surface area contributed by atoms with E-state index in [0.717, 1.165) is 12.2 Å². The zero-order valence-corrected chi connectivity index (χ0v) is 10.0. The lowest BCUT2D eigenvalue weighted by atomic mass is 10.1. The molecule has 4 heteroatoms. The lowest BCUT2D eigenvalue weighted by Crippen LogP contribution is -2.23. The van der Waals surface area contributed by atoms with Gasteiger partial charge in [0.2, 0.25) is 0 Å². The van der Waals surface area contributed by atoms with Crippen molar-refractivity contribution in [1.29, 1.82) is 0 Å². The topological polar surface area (TPSA) is 48.4 Å². The van der Waals surface area contributed by atoms with Crippen molar-refractivity contribution in [3.63, 3.8) is 0 Å². The predicted molar refractivity (Wildman–Crippen MR) is 66.9 cm³/mol. The van der Waals surface area contributed by atoms with E-state index in [9.17, 15) is 4.39 Å². The number of furan rings is 1. The van der Waals surface area contributed by atoms with Crippen LogP contribution in [0.4, 0.5) is 4.39 Å². The van der Waals surface area contributed by atoms with Crippen LogP contribution in [0.1, 0.15) is 5.76 Å². The fourth-order valence-electron chi connectivity index (χ4n) is 1.67. The van der Waals surface area contributed by atoms with Gasteiger partial charge in [-0.25, -0.2) is 4.39 Å². The molecule has 96 valence electrons. The number of nitrogens with two attached hydrogens (primary N) is 1. The summed E-state index contributed by atoms with van der Waals surface area (Å²) in [6.45, 7) is 1.00. The van der Waals surface area contributed by atoms with Gasteiger partial charge in [-0.3, -0.25) is 0 Å². The van der Waals surface area contributed by atoms with Crippen LogP contribution in [0.3, 0.4) is 0 Å². The minimum Gasteiger partial charge on any atom is -0.493 e. The fourth-order valence-corrected chi connectivity index (χ4v) is 1.67. The van der Waals surface area contributed by atoms with E-state index in [1.807, 2.05) is 12.1 Å². The Hall–Kier alpha value is -1.81. The molecule has 0 fully saturated rings. The van der Waals surface area contributed by atoms with E-state index in [1.54, 1.807) is 18.4 Å². The van der Waals surface area contributed by atoms with Gasteiger partial charge in [-0.1, -0.05) is 0 Å². The Bertz CT molecular complexity index is 453. The molecule has 2 rings (SSSR count). The second-order valence-corrected chi connectivity index (χ2v) is 4.15. The van der Waals surface area contributed by atoms with Crippen LogP contribution in [0.25, 0.3) is 0 Å². The van der Waals surface area contributed by atoms with Gasteiger partial charge >= 0.3 is 0 Å². The minimum absolute atomic E-state index is 0.182. The highest BCUT2D eigenvalue weighted by molar-refractivity contribution is 5.22. The third kappa shape index (κ3) is 3.60. The molecule has 0 aliphatic heterocycles. The standard InChI is InChI=1S/C14H16FNO2/c15-12-3-5-13(6-4-12)18-10-11(9-16)8-14-2-1-7-17-14/h1-7,11H,8-10,16H2. The first-order valence-corrected chi connectivity index (χ1v) is 5.88. The molecular weight excluding hydrogens is 233 g/mol. The van der Waals surface area contributed by atoms with Crippen molar-refractivity contribution >= 4 is 0 Å². The first kappa shape index (κ1) is 12.6. The number of benzene rings is 1. The second-order valence-electron chi connectivity index (χ2n) is 4.15. The van der Waals surface area contributed by atoms with E-state index >= 15 is 0 Å². The average molecular weight is 249 g/mol. The normalized spacial score (nSPS) is 12.3. The Labute approximate surface area is 105 Å². The molecule has 0 spiro atoms. The molecule has 0 saturated heterocycles. The first-order chi connectivity index (χ1) is 8.78. The maximum Gasteiger partial charge on any atom is 0.123 e. The van der Waals surface area contributed by atoms with Crippen molar-refractivity contribution in [2.45, 2.75) is 6.42 Å². The number of rotatable bonds is 6. The molecular formula is C14H16FNO2. The highest BCUT2D eigenvalue weighted by Gasteiger charge is 2.10. The second kappa shape index (κ2) is 6.21. The first-order valence-electron chi connectivity index (χ1n) is 5.88. The minimum atomic E-state index is -0.270. The van der Waals surface area contributed by atoms with Crippen LogP contribution in [-0.2, 0) is 6.42 Å². The number of hydrogen-bond donors (Lipinski definition) is 1. The molecule has 1 aromatic carbocycles. The third-order valence-corrected chi connectivity index (χ3v) is 2.70. The molecule has 2 aromatic rings. The van der Waals surface area contributed by atoms with Crippen molar-refractivity contribution in [2.75, 3.05) is 13.2 Å². The van der Waals surface area contributed by atoms with Crippen molar-refractivity contribution in [2.24, 2.45) is 11.7 Å². The van der Waals surface area contributed by atoms with Gasteiger partial charge < -0.3 is 14.9 Å². The van der Waals surface area contributed by atoms with Crippen molar-refractivity contribution < 1.29 is 13.5 Å². The lowest BCUT2D eigenvalue weighted by Gasteiger charge is -2.14. The summed E-state index contributed by atoms with van der Waals surface area (Å²) in [6.07, 6.45) is 2.38. The molecule has 18 heavy (non-hydrogen) atoms. The molecule has 1 unspecified atom stereocenters. The molecule has 0 amide bonds. The monoisotopic (exact) mass is 249 g/mol. The third-order valence-electron chi connectivity index (χ3n) is 2.70. The molecule has 0 bridgehead atoms. The van der Waals surface area contributed by atoms with E-state index in [1.165, 1.54) is 12.1 Å². The fraction of sp³-hybridized carbons (Fsp3) is 0.286. The molecule has 0 radical (unpaired) electrons. The lowest BCUT2D eigenvalue weighted by molar-refractivity contribution is 0.245. The largest absolute Gasteiger partial charge is 0.493 e. The zero-order valence-electron chi connectivity index (χ0n) is 10.0. The van der Waals surface area contributed by atoms with Crippen LogP contribution in [0.15, 0.2) is 47.1 Å². The predicted octanol–water partition coefficient (Wildman–Crippen LogP) is 2.62. The summed E-state index contributed by atoms with van der Waals surface area (Å²) in [5, 5.41) is 0. The Morgan fingerprint density at radius 3 is 2.61 bits per heavy atom. The summed E-state index contributed by atoms with van der Waals surface area (Å²) >= 11 is 0. The van der Waals surface area contributed by atoms with Crippen molar-refractivity contribution in [1.82, 2.24) is 0 Å². The molecule has 3 nitrogen and oxygen atoms in total. The summed E-state index contributed by atoms with van der Waals surface area (Å²) in [7, 11) is 0. The van der Waals surface area contributed by atoms with Gasteiger partial charge in [-0.2, -0.15) is 0 Å². The Kier molecular flexibility index (Phi) is 4.36. The Morgan fingerprint density at radius 2 is 2.00 bits per heavy atom. The van der Waals surface area contributed by atoms with E-state index in [-0.39, 0.29) is 11.7 Å². The number of halogens is 1. The van der Waals surface area contributed by atoms with Crippen molar-refractivity contribution in [3.05, 3.63) is 54.2 Å². The van der Waals surface area contributed by atoms with Crippen LogP contribution < -0.4 is 10.5 Å². The quantitative estimate of drug-likeness (QED) is 0.856. The van der Waals surface area contributed by atoms with E-state index < -0.39 is 0 Å². The SMILES string of the molecule is NCC(COc1ccc(F)cc1)Cc1ccco1. The number of hydrogen-bond acceptors (Lipinski definition) is 3. The maximum absolute atomic E-state index is 12.7. The summed E-state index contributed by atoms with van der Waals surface area (Å²) in [4.78, 5) is 0. The molecule has 1 heterocycles. The molecule has 0 aliphatic carbocycles. The van der Waals surface area contributed by atoms with Gasteiger partial charge in [0.25, 0.3) is 0 Å². The van der Waals surface area contributed by atoms with Gasteiger partial charge in [0.1, 0.15) is 17.3 Å². The average Bonchev–Trinajstić information content (AvgIpc) is 2.89. The highest BCUT2D eigenvalue weighted by atomic mass is 19.1. The Morgan fingerprint density at radius 1 is 1.22 bits per heavy atom. The van der Waals surface area contributed by atoms with Crippen molar-refractivity contribution in [3.8, 4) is 5.75 Å². The van der Waals surface area contributed by atoms with Gasteiger partial charge in [0.15, 0.2) is 0 Å². The highest BCUT2D eigenvalue weighted by Crippen LogP contribution is 2.14. The molecule has 2 N–H and O–H groups in total. The summed E-state index contributed by atoms with van der Waals surface area (Å²) in [5.41, 5.74) is 5.70. The van der Waals surface area contributed by atoms with Gasteiger partial charge in [-0.15, -0.1) is 0 Å². The van der Waals surface area contributed by atoms with Crippen LogP contribution in [-0.4, -0.2) is 13.2 Å². The van der Waals surface area contributed by atoms with Gasteiger partial charge in [0, 0.05) is 12.3 Å². The van der Waals surface area contributed by atoms with E-state index in [2.05, 4.69) is 0 Å².